The van der Waals surface area contributed by atoms with Crippen molar-refractivity contribution < 1.29 is 9.59 Å². The summed E-state index contributed by atoms with van der Waals surface area (Å²) in [4.78, 5) is 27.5. The van der Waals surface area contributed by atoms with Crippen molar-refractivity contribution in [2.75, 3.05) is 5.75 Å². The largest absolute Gasteiger partial charge is 0.352 e. The third-order valence-corrected chi connectivity index (χ3v) is 7.15. The Hall–Kier alpha value is -1.21. The molecule has 0 spiro atoms. The zero-order valence-corrected chi connectivity index (χ0v) is 21.7. The Bertz CT molecular complexity index is 875. The Kier molecular flexibility index (Phi) is 10.7. The third-order valence-electron chi connectivity index (χ3n) is 4.97. The summed E-state index contributed by atoms with van der Waals surface area (Å²) >= 11 is 17.3. The van der Waals surface area contributed by atoms with Crippen molar-refractivity contribution in [3.8, 4) is 0 Å². The standard InChI is InChI=1S/C23H27BrCl2N2O2S/c1-4-15(2)27-23(30)16(3)28(12-17-8-10-18(24)11-9-17)22(29)14-31-13-19-20(25)6-5-7-21(19)26/h5-11,15-16H,4,12-14H2,1-3H3,(H,27,30)/t15-,16+/m1/s1. The van der Waals surface area contributed by atoms with Crippen LogP contribution in [0.3, 0.4) is 0 Å². The summed E-state index contributed by atoms with van der Waals surface area (Å²) in [6, 6.07) is 12.6. The van der Waals surface area contributed by atoms with Crippen molar-refractivity contribution in [3.05, 3.63) is 68.1 Å². The summed E-state index contributed by atoms with van der Waals surface area (Å²) in [5, 5.41) is 4.14. The Morgan fingerprint density at radius 3 is 2.29 bits per heavy atom. The highest BCUT2D eigenvalue weighted by molar-refractivity contribution is 9.10. The van der Waals surface area contributed by atoms with Crippen LogP contribution in [0.25, 0.3) is 0 Å². The van der Waals surface area contributed by atoms with Crippen LogP contribution in [0.2, 0.25) is 10.0 Å². The zero-order valence-electron chi connectivity index (χ0n) is 17.8. The molecule has 0 aromatic heterocycles. The fraction of sp³-hybridized carbons (Fsp3) is 0.391. The summed E-state index contributed by atoms with van der Waals surface area (Å²) in [6.07, 6.45) is 0.827. The van der Waals surface area contributed by atoms with Crippen molar-refractivity contribution in [2.24, 2.45) is 0 Å². The molecular weight excluding hydrogens is 519 g/mol. The quantitative estimate of drug-likeness (QED) is 0.380. The van der Waals surface area contributed by atoms with E-state index in [0.717, 1.165) is 22.0 Å². The molecule has 2 rings (SSSR count). The maximum absolute atomic E-state index is 13.1. The van der Waals surface area contributed by atoms with Gasteiger partial charge in [-0.3, -0.25) is 9.59 Å². The van der Waals surface area contributed by atoms with Crippen LogP contribution in [0, 0.1) is 0 Å². The number of amides is 2. The summed E-state index contributed by atoms with van der Waals surface area (Å²) in [6.45, 7) is 6.09. The topological polar surface area (TPSA) is 49.4 Å². The number of nitrogens with zero attached hydrogens (tertiary/aromatic N) is 1. The van der Waals surface area contributed by atoms with E-state index in [-0.39, 0.29) is 23.6 Å². The maximum Gasteiger partial charge on any atom is 0.242 e. The molecule has 8 heteroatoms. The number of rotatable bonds is 10. The number of hydrogen-bond donors (Lipinski definition) is 1. The molecule has 0 saturated heterocycles. The lowest BCUT2D eigenvalue weighted by Gasteiger charge is -2.29. The van der Waals surface area contributed by atoms with Gasteiger partial charge < -0.3 is 10.2 Å². The molecule has 1 N–H and O–H groups in total. The smallest absolute Gasteiger partial charge is 0.242 e. The number of nitrogens with one attached hydrogen (secondary N) is 1. The van der Waals surface area contributed by atoms with E-state index in [1.54, 1.807) is 30.0 Å². The van der Waals surface area contributed by atoms with Crippen molar-refractivity contribution in [1.82, 2.24) is 10.2 Å². The Morgan fingerprint density at radius 1 is 1.10 bits per heavy atom. The van der Waals surface area contributed by atoms with Crippen molar-refractivity contribution in [3.63, 3.8) is 0 Å². The molecule has 168 valence electrons. The van der Waals surface area contributed by atoms with Gasteiger partial charge in [-0.15, -0.1) is 11.8 Å². The lowest BCUT2D eigenvalue weighted by atomic mass is 10.1. The molecular formula is C23H27BrCl2N2O2S. The molecule has 2 amide bonds. The Morgan fingerprint density at radius 2 is 1.71 bits per heavy atom. The van der Waals surface area contributed by atoms with E-state index in [0.29, 0.717) is 22.3 Å². The summed E-state index contributed by atoms with van der Waals surface area (Å²) < 4.78 is 0.962. The molecule has 0 saturated carbocycles. The van der Waals surface area contributed by atoms with E-state index in [2.05, 4.69) is 21.2 Å². The molecule has 0 aliphatic rings. The van der Waals surface area contributed by atoms with Crippen LogP contribution in [0.15, 0.2) is 46.9 Å². The molecule has 0 bridgehead atoms. The van der Waals surface area contributed by atoms with E-state index < -0.39 is 6.04 Å². The number of carbonyl (C=O) groups is 2. The minimum Gasteiger partial charge on any atom is -0.352 e. The van der Waals surface area contributed by atoms with E-state index in [9.17, 15) is 9.59 Å². The number of benzene rings is 2. The summed E-state index contributed by atoms with van der Waals surface area (Å²) in [5.41, 5.74) is 1.77. The predicted octanol–water partition coefficient (Wildman–Crippen LogP) is 6.32. The normalized spacial score (nSPS) is 12.8. The van der Waals surface area contributed by atoms with E-state index in [1.807, 2.05) is 38.1 Å². The van der Waals surface area contributed by atoms with Crippen LogP contribution in [0.5, 0.6) is 0 Å². The van der Waals surface area contributed by atoms with Crippen LogP contribution in [-0.2, 0) is 21.9 Å². The van der Waals surface area contributed by atoms with Gasteiger partial charge in [0.25, 0.3) is 0 Å². The van der Waals surface area contributed by atoms with Gasteiger partial charge in [0.2, 0.25) is 11.8 Å². The SMILES string of the molecule is CC[C@@H](C)NC(=O)[C@H](C)N(Cc1ccc(Br)cc1)C(=O)CSCc1c(Cl)cccc1Cl. The minimum atomic E-state index is -0.588. The van der Waals surface area contributed by atoms with Gasteiger partial charge in [0, 0.05) is 32.9 Å². The molecule has 31 heavy (non-hydrogen) atoms. The zero-order chi connectivity index (χ0) is 23.0. The van der Waals surface area contributed by atoms with E-state index in [1.165, 1.54) is 11.8 Å². The van der Waals surface area contributed by atoms with Gasteiger partial charge in [0.05, 0.1) is 5.75 Å². The van der Waals surface area contributed by atoms with Gasteiger partial charge in [-0.2, -0.15) is 0 Å². The van der Waals surface area contributed by atoms with Crippen LogP contribution < -0.4 is 5.32 Å². The fourth-order valence-corrected chi connectivity index (χ4v) is 4.74. The average Bonchev–Trinajstić information content (AvgIpc) is 2.74. The number of carbonyl (C=O) groups excluding carboxylic acids is 2. The molecule has 0 fully saturated rings. The summed E-state index contributed by atoms with van der Waals surface area (Å²) in [7, 11) is 0. The van der Waals surface area contributed by atoms with Crippen LogP contribution in [0.4, 0.5) is 0 Å². The highest BCUT2D eigenvalue weighted by Crippen LogP contribution is 2.28. The van der Waals surface area contributed by atoms with Crippen molar-refractivity contribution in [1.29, 1.82) is 0 Å². The maximum atomic E-state index is 13.1. The van der Waals surface area contributed by atoms with Gasteiger partial charge in [0.15, 0.2) is 0 Å². The van der Waals surface area contributed by atoms with Crippen LogP contribution in [0.1, 0.15) is 38.3 Å². The Labute approximate surface area is 207 Å². The molecule has 0 aliphatic heterocycles. The van der Waals surface area contributed by atoms with E-state index in [4.69, 9.17) is 23.2 Å². The number of halogens is 3. The molecule has 2 atom stereocenters. The molecule has 0 radical (unpaired) electrons. The predicted molar refractivity (Wildman–Crippen MR) is 135 cm³/mol. The average molecular weight is 546 g/mol. The first kappa shape index (κ1) is 26.0. The second-order valence-electron chi connectivity index (χ2n) is 7.33. The van der Waals surface area contributed by atoms with Gasteiger partial charge >= 0.3 is 0 Å². The van der Waals surface area contributed by atoms with Crippen LogP contribution >= 0.6 is 50.9 Å². The van der Waals surface area contributed by atoms with Gasteiger partial charge in [0.1, 0.15) is 6.04 Å². The van der Waals surface area contributed by atoms with Crippen molar-refractivity contribution >= 4 is 62.7 Å². The lowest BCUT2D eigenvalue weighted by molar-refractivity contribution is -0.138. The highest BCUT2D eigenvalue weighted by atomic mass is 79.9. The number of hydrogen-bond acceptors (Lipinski definition) is 3. The van der Waals surface area contributed by atoms with E-state index >= 15 is 0 Å². The second-order valence-corrected chi connectivity index (χ2v) is 10.1. The molecule has 0 unspecified atom stereocenters. The first-order valence-corrected chi connectivity index (χ1v) is 12.8. The number of thioether (sulfide) groups is 1. The summed E-state index contributed by atoms with van der Waals surface area (Å²) in [5.74, 6) is 0.477. The second kappa shape index (κ2) is 12.7. The van der Waals surface area contributed by atoms with Gasteiger partial charge in [-0.05, 0) is 55.7 Å². The monoisotopic (exact) mass is 544 g/mol. The Balaban J connectivity index is 2.11. The van der Waals surface area contributed by atoms with Gasteiger partial charge in [-0.25, -0.2) is 0 Å². The highest BCUT2D eigenvalue weighted by Gasteiger charge is 2.26. The van der Waals surface area contributed by atoms with Gasteiger partial charge in [-0.1, -0.05) is 64.3 Å². The molecule has 4 nitrogen and oxygen atoms in total. The third kappa shape index (κ3) is 8.01. The molecule has 0 aliphatic carbocycles. The molecule has 2 aromatic rings. The lowest BCUT2D eigenvalue weighted by Crippen LogP contribution is -2.50. The minimum absolute atomic E-state index is 0.0522. The van der Waals surface area contributed by atoms with Crippen LogP contribution in [-0.4, -0.2) is 34.6 Å². The molecule has 0 heterocycles. The fourth-order valence-electron chi connectivity index (χ4n) is 2.83. The van der Waals surface area contributed by atoms with Crippen molar-refractivity contribution in [2.45, 2.75) is 51.6 Å². The molecule has 2 aromatic carbocycles. The first-order chi connectivity index (χ1) is 14.7. The first-order valence-electron chi connectivity index (χ1n) is 10.1.